The Morgan fingerprint density at radius 3 is 2.42 bits per heavy atom. The van der Waals surface area contributed by atoms with Gasteiger partial charge in [-0.25, -0.2) is 0 Å². The van der Waals surface area contributed by atoms with E-state index in [0.29, 0.717) is 11.6 Å². The van der Waals surface area contributed by atoms with Crippen LogP contribution in [-0.2, 0) is 9.59 Å². The molecule has 2 N–H and O–H groups in total. The van der Waals surface area contributed by atoms with Crippen molar-refractivity contribution in [1.82, 2.24) is 14.6 Å². The van der Waals surface area contributed by atoms with E-state index in [-0.39, 0.29) is 24.7 Å². The van der Waals surface area contributed by atoms with Crippen molar-refractivity contribution in [2.75, 3.05) is 10.6 Å². The largest absolute Gasteiger partial charge is 0.326 e. The zero-order valence-corrected chi connectivity index (χ0v) is 13.2. The van der Waals surface area contributed by atoms with Crippen LogP contribution in [0.5, 0.6) is 0 Å². The Kier molecular flexibility index (Phi) is 4.51. The number of rotatable bonds is 5. The summed E-state index contributed by atoms with van der Waals surface area (Å²) >= 11 is 0. The summed E-state index contributed by atoms with van der Waals surface area (Å²) in [4.78, 5) is 23.9. The number of nitrogens with one attached hydrogen (secondary N) is 2. The summed E-state index contributed by atoms with van der Waals surface area (Å²) in [5.41, 5.74) is 2.48. The molecule has 0 aliphatic rings. The van der Waals surface area contributed by atoms with Crippen LogP contribution in [0, 0.1) is 6.92 Å². The number of anilines is 2. The SMILES string of the molecule is Cc1ccc(NC(=O)CCC(=O)Nc2nnc3ccccn23)cc1. The molecule has 0 spiro atoms. The van der Waals surface area contributed by atoms with E-state index in [0.717, 1.165) is 11.3 Å². The van der Waals surface area contributed by atoms with Gasteiger partial charge in [-0.1, -0.05) is 23.8 Å². The highest BCUT2D eigenvalue weighted by molar-refractivity contribution is 5.96. The second-order valence-corrected chi connectivity index (χ2v) is 5.41. The Labute approximate surface area is 138 Å². The third-order valence-electron chi connectivity index (χ3n) is 3.48. The first-order valence-corrected chi connectivity index (χ1v) is 7.58. The van der Waals surface area contributed by atoms with Gasteiger partial charge in [0.25, 0.3) is 0 Å². The maximum Gasteiger partial charge on any atom is 0.235 e. The number of benzene rings is 1. The molecule has 24 heavy (non-hydrogen) atoms. The van der Waals surface area contributed by atoms with Crippen LogP contribution in [0.15, 0.2) is 48.7 Å². The monoisotopic (exact) mass is 323 g/mol. The lowest BCUT2D eigenvalue weighted by Gasteiger charge is -2.06. The van der Waals surface area contributed by atoms with Gasteiger partial charge >= 0.3 is 0 Å². The van der Waals surface area contributed by atoms with Gasteiger partial charge in [0.1, 0.15) is 0 Å². The van der Waals surface area contributed by atoms with Gasteiger partial charge in [-0.2, -0.15) is 0 Å². The second-order valence-electron chi connectivity index (χ2n) is 5.41. The molecule has 0 unspecified atom stereocenters. The summed E-state index contributed by atoms with van der Waals surface area (Å²) < 4.78 is 1.67. The summed E-state index contributed by atoms with van der Waals surface area (Å²) in [7, 11) is 0. The van der Waals surface area contributed by atoms with Crippen LogP contribution in [0.3, 0.4) is 0 Å². The average Bonchev–Trinajstić information content (AvgIpc) is 2.98. The molecule has 0 saturated carbocycles. The normalized spacial score (nSPS) is 10.5. The average molecular weight is 323 g/mol. The van der Waals surface area contributed by atoms with E-state index < -0.39 is 0 Å². The highest BCUT2D eigenvalue weighted by Crippen LogP contribution is 2.10. The van der Waals surface area contributed by atoms with Gasteiger partial charge in [0, 0.05) is 24.7 Å². The minimum atomic E-state index is -0.285. The fourth-order valence-electron chi connectivity index (χ4n) is 2.20. The minimum Gasteiger partial charge on any atom is -0.326 e. The van der Waals surface area contributed by atoms with Gasteiger partial charge in [0.2, 0.25) is 17.8 Å². The summed E-state index contributed by atoms with van der Waals surface area (Å²) in [6.45, 7) is 1.98. The fourth-order valence-corrected chi connectivity index (χ4v) is 2.20. The Morgan fingerprint density at radius 2 is 1.67 bits per heavy atom. The number of carbonyl (C=O) groups excluding carboxylic acids is 2. The first-order chi connectivity index (χ1) is 11.6. The second kappa shape index (κ2) is 6.91. The molecule has 0 saturated heterocycles. The van der Waals surface area contributed by atoms with Crippen LogP contribution in [0.1, 0.15) is 18.4 Å². The lowest BCUT2D eigenvalue weighted by Crippen LogP contribution is -2.18. The van der Waals surface area contributed by atoms with E-state index in [4.69, 9.17) is 0 Å². The molecular weight excluding hydrogens is 306 g/mol. The van der Waals surface area contributed by atoms with Gasteiger partial charge in [0.15, 0.2) is 5.65 Å². The number of carbonyl (C=O) groups is 2. The maximum atomic E-state index is 12.0. The molecule has 0 atom stereocenters. The molecule has 0 bridgehead atoms. The quantitative estimate of drug-likeness (QED) is 0.754. The first-order valence-electron chi connectivity index (χ1n) is 7.58. The molecule has 0 aliphatic heterocycles. The van der Waals surface area contributed by atoms with Gasteiger partial charge < -0.3 is 5.32 Å². The van der Waals surface area contributed by atoms with Gasteiger partial charge in [-0.15, -0.1) is 10.2 Å². The molecule has 0 radical (unpaired) electrons. The lowest BCUT2D eigenvalue weighted by atomic mass is 10.2. The summed E-state index contributed by atoms with van der Waals surface area (Å²) in [6.07, 6.45) is 1.92. The molecule has 2 aromatic heterocycles. The van der Waals surface area contributed by atoms with Crippen molar-refractivity contribution in [3.8, 4) is 0 Å². The number of amides is 2. The lowest BCUT2D eigenvalue weighted by molar-refractivity contribution is -0.121. The number of fused-ring (bicyclic) bond motifs is 1. The van der Waals surface area contributed by atoms with Crippen LogP contribution in [0.4, 0.5) is 11.6 Å². The van der Waals surface area contributed by atoms with Crippen molar-refractivity contribution < 1.29 is 9.59 Å². The zero-order valence-electron chi connectivity index (χ0n) is 13.2. The minimum absolute atomic E-state index is 0.0689. The van der Waals surface area contributed by atoms with E-state index in [1.807, 2.05) is 43.3 Å². The number of nitrogens with zero attached hydrogens (tertiary/aromatic N) is 3. The van der Waals surface area contributed by atoms with Gasteiger partial charge in [0.05, 0.1) is 0 Å². The summed E-state index contributed by atoms with van der Waals surface area (Å²) in [6, 6.07) is 12.9. The van der Waals surface area contributed by atoms with E-state index in [1.165, 1.54) is 0 Å². The fraction of sp³-hybridized carbons (Fsp3) is 0.176. The molecule has 7 heteroatoms. The van der Waals surface area contributed by atoms with Crippen molar-refractivity contribution in [2.24, 2.45) is 0 Å². The molecule has 3 rings (SSSR count). The van der Waals surface area contributed by atoms with Crippen LogP contribution in [0.2, 0.25) is 0 Å². The molecule has 0 fully saturated rings. The molecular formula is C17H17N5O2. The molecule has 7 nitrogen and oxygen atoms in total. The van der Waals surface area contributed by atoms with Crippen LogP contribution >= 0.6 is 0 Å². The van der Waals surface area contributed by atoms with Crippen molar-refractivity contribution in [3.63, 3.8) is 0 Å². The van der Waals surface area contributed by atoms with Crippen LogP contribution in [-0.4, -0.2) is 26.4 Å². The number of aromatic nitrogens is 3. The highest BCUT2D eigenvalue weighted by atomic mass is 16.2. The predicted octanol–water partition coefficient (Wildman–Crippen LogP) is 2.40. The number of hydrogen-bond acceptors (Lipinski definition) is 4. The van der Waals surface area contributed by atoms with Crippen molar-refractivity contribution in [3.05, 3.63) is 54.2 Å². The first kappa shape index (κ1) is 15.7. The number of hydrogen-bond donors (Lipinski definition) is 2. The number of aryl methyl sites for hydroxylation is 1. The summed E-state index contributed by atoms with van der Waals surface area (Å²) in [5, 5.41) is 13.3. The van der Waals surface area contributed by atoms with Crippen LogP contribution < -0.4 is 10.6 Å². The Hall–Kier alpha value is -3.22. The van der Waals surface area contributed by atoms with E-state index in [2.05, 4.69) is 20.8 Å². The van der Waals surface area contributed by atoms with Crippen molar-refractivity contribution in [2.45, 2.75) is 19.8 Å². The topological polar surface area (TPSA) is 88.4 Å². The third kappa shape index (κ3) is 3.75. The standard InChI is InChI=1S/C17H17N5O2/c1-12-5-7-13(8-6-12)18-15(23)9-10-16(24)19-17-21-20-14-4-2-3-11-22(14)17/h2-8,11H,9-10H2,1H3,(H,18,23)(H,19,21,24). The highest BCUT2D eigenvalue weighted by Gasteiger charge is 2.11. The van der Waals surface area contributed by atoms with E-state index in [1.54, 1.807) is 16.7 Å². The molecule has 122 valence electrons. The zero-order chi connectivity index (χ0) is 16.9. The van der Waals surface area contributed by atoms with Crippen molar-refractivity contribution in [1.29, 1.82) is 0 Å². The van der Waals surface area contributed by atoms with Crippen LogP contribution in [0.25, 0.3) is 5.65 Å². The molecule has 1 aromatic carbocycles. The Balaban J connectivity index is 1.52. The van der Waals surface area contributed by atoms with Crippen molar-refractivity contribution >= 4 is 29.1 Å². The third-order valence-corrected chi connectivity index (χ3v) is 3.48. The van der Waals surface area contributed by atoms with E-state index >= 15 is 0 Å². The summed E-state index contributed by atoms with van der Waals surface area (Å²) in [5.74, 6) is -0.151. The number of pyridine rings is 1. The molecule has 3 aromatic rings. The predicted molar refractivity (Wildman–Crippen MR) is 90.7 cm³/mol. The molecule has 2 heterocycles. The smallest absolute Gasteiger partial charge is 0.235 e. The molecule has 2 amide bonds. The van der Waals surface area contributed by atoms with Gasteiger partial charge in [-0.3, -0.25) is 19.3 Å². The van der Waals surface area contributed by atoms with E-state index in [9.17, 15) is 9.59 Å². The molecule has 0 aliphatic carbocycles. The van der Waals surface area contributed by atoms with Gasteiger partial charge in [-0.05, 0) is 31.2 Å². The Morgan fingerprint density at radius 1 is 0.958 bits per heavy atom. The Bertz CT molecular complexity index is 870. The maximum absolute atomic E-state index is 12.0.